The summed E-state index contributed by atoms with van der Waals surface area (Å²) in [5.74, 6) is -0.196. The third-order valence-electron chi connectivity index (χ3n) is 4.93. The van der Waals surface area contributed by atoms with E-state index in [-0.39, 0.29) is 11.9 Å². The van der Waals surface area contributed by atoms with Crippen molar-refractivity contribution in [3.05, 3.63) is 34.1 Å². The van der Waals surface area contributed by atoms with Crippen LogP contribution in [0.3, 0.4) is 0 Å². The van der Waals surface area contributed by atoms with Crippen molar-refractivity contribution in [3.8, 4) is 0 Å². The molecule has 3 atom stereocenters. The Bertz CT molecular complexity index is 510. The first-order valence-corrected chi connectivity index (χ1v) is 8.54. The maximum atomic E-state index is 13.6. The van der Waals surface area contributed by atoms with Crippen LogP contribution in [0.25, 0.3) is 0 Å². The third kappa shape index (κ3) is 3.02. The molecule has 3 unspecified atom stereocenters. The predicted molar refractivity (Wildman–Crippen MR) is 86.7 cm³/mol. The fraction of sp³-hybridized carbons (Fsp3) is 0.625. The van der Waals surface area contributed by atoms with Gasteiger partial charge in [-0.05, 0) is 50.1 Å². The van der Waals surface area contributed by atoms with E-state index >= 15 is 0 Å². The topological polar surface area (TPSA) is 32.5 Å². The van der Waals surface area contributed by atoms with E-state index in [0.29, 0.717) is 18.6 Å². The van der Waals surface area contributed by atoms with Crippen LogP contribution in [0.2, 0.25) is 0 Å². The molecule has 3 nitrogen and oxygen atoms in total. The molecule has 2 heterocycles. The van der Waals surface area contributed by atoms with Gasteiger partial charge in [-0.15, -0.1) is 0 Å². The molecular formula is C16H23BrFN3. The first kappa shape index (κ1) is 15.4. The van der Waals surface area contributed by atoms with E-state index in [1.807, 2.05) is 0 Å². The zero-order valence-corrected chi connectivity index (χ0v) is 14.0. The number of rotatable bonds is 3. The highest BCUT2D eigenvalue weighted by molar-refractivity contribution is 9.10. The van der Waals surface area contributed by atoms with Gasteiger partial charge in [0.25, 0.3) is 0 Å². The molecule has 0 spiro atoms. The van der Waals surface area contributed by atoms with Gasteiger partial charge in [0.15, 0.2) is 0 Å². The minimum atomic E-state index is -0.196. The highest BCUT2D eigenvalue weighted by Crippen LogP contribution is 2.34. The summed E-state index contributed by atoms with van der Waals surface area (Å²) >= 11 is 3.56. The van der Waals surface area contributed by atoms with Crippen molar-refractivity contribution in [2.75, 3.05) is 26.2 Å². The quantitative estimate of drug-likeness (QED) is 0.904. The van der Waals surface area contributed by atoms with Gasteiger partial charge in [-0.1, -0.05) is 15.9 Å². The number of hydrogen-bond acceptors (Lipinski definition) is 3. The van der Waals surface area contributed by atoms with Crippen LogP contribution in [0, 0.1) is 5.82 Å². The van der Waals surface area contributed by atoms with Crippen LogP contribution >= 0.6 is 15.9 Å². The molecule has 2 fully saturated rings. The van der Waals surface area contributed by atoms with Gasteiger partial charge in [-0.3, -0.25) is 9.80 Å². The average molecular weight is 356 g/mol. The van der Waals surface area contributed by atoms with Crippen LogP contribution in [0.5, 0.6) is 0 Å². The van der Waals surface area contributed by atoms with Crippen LogP contribution < -0.4 is 5.73 Å². The summed E-state index contributed by atoms with van der Waals surface area (Å²) in [6, 6.07) is 6.05. The Labute approximate surface area is 134 Å². The van der Waals surface area contributed by atoms with Crippen molar-refractivity contribution in [2.45, 2.75) is 37.9 Å². The zero-order chi connectivity index (χ0) is 15.0. The van der Waals surface area contributed by atoms with Gasteiger partial charge in [0.1, 0.15) is 5.82 Å². The Morgan fingerprint density at radius 3 is 3.00 bits per heavy atom. The van der Waals surface area contributed by atoms with Crippen molar-refractivity contribution in [1.29, 1.82) is 0 Å². The van der Waals surface area contributed by atoms with Gasteiger partial charge >= 0.3 is 0 Å². The lowest BCUT2D eigenvalue weighted by atomic mass is 9.99. The summed E-state index contributed by atoms with van der Waals surface area (Å²) in [5, 5.41) is 0. The molecule has 0 aliphatic carbocycles. The number of nitrogens with two attached hydrogens (primary N) is 1. The van der Waals surface area contributed by atoms with Gasteiger partial charge in [0.2, 0.25) is 0 Å². The summed E-state index contributed by atoms with van der Waals surface area (Å²) in [4.78, 5) is 5.06. The highest BCUT2D eigenvalue weighted by atomic mass is 79.9. The fourth-order valence-electron chi connectivity index (χ4n) is 3.86. The smallest absolute Gasteiger partial charge is 0.123 e. The van der Waals surface area contributed by atoms with Gasteiger partial charge in [0.05, 0.1) is 0 Å². The minimum Gasteiger partial charge on any atom is -0.329 e. The standard InChI is InChI=1S/C16H23BrFN3/c1-11-9-20-6-2-3-13(20)10-21(11)16(8-19)14-7-12(18)4-5-15(14)17/h4-5,7,11,13,16H,2-3,6,8-10,19H2,1H3. The monoisotopic (exact) mass is 355 g/mol. The molecule has 2 saturated heterocycles. The van der Waals surface area contributed by atoms with Gasteiger partial charge in [0, 0.05) is 42.2 Å². The Morgan fingerprint density at radius 1 is 1.43 bits per heavy atom. The lowest BCUT2D eigenvalue weighted by Gasteiger charge is -2.46. The van der Waals surface area contributed by atoms with E-state index in [4.69, 9.17) is 5.73 Å². The summed E-state index contributed by atoms with van der Waals surface area (Å²) in [6.45, 7) is 6.11. The maximum Gasteiger partial charge on any atom is 0.123 e. The Kier molecular flexibility index (Phi) is 4.64. The van der Waals surface area contributed by atoms with Crippen molar-refractivity contribution in [3.63, 3.8) is 0 Å². The molecule has 21 heavy (non-hydrogen) atoms. The summed E-state index contributed by atoms with van der Waals surface area (Å²) < 4.78 is 14.6. The van der Waals surface area contributed by atoms with Crippen LogP contribution in [0.15, 0.2) is 22.7 Å². The van der Waals surface area contributed by atoms with Crippen molar-refractivity contribution >= 4 is 15.9 Å². The molecular weight excluding hydrogens is 333 g/mol. The van der Waals surface area contributed by atoms with Crippen LogP contribution in [-0.4, -0.2) is 48.1 Å². The van der Waals surface area contributed by atoms with E-state index in [0.717, 1.165) is 23.1 Å². The van der Waals surface area contributed by atoms with E-state index in [1.165, 1.54) is 25.5 Å². The van der Waals surface area contributed by atoms with Gasteiger partial charge in [-0.2, -0.15) is 0 Å². The molecule has 0 amide bonds. The van der Waals surface area contributed by atoms with E-state index in [9.17, 15) is 4.39 Å². The molecule has 3 rings (SSSR count). The van der Waals surface area contributed by atoms with E-state index in [2.05, 4.69) is 32.7 Å². The SMILES string of the molecule is CC1CN2CCCC2CN1C(CN)c1cc(F)ccc1Br. The molecule has 1 aromatic carbocycles. The number of halogens is 2. The molecule has 0 bridgehead atoms. The third-order valence-corrected chi connectivity index (χ3v) is 5.65. The van der Waals surface area contributed by atoms with Crippen LogP contribution in [-0.2, 0) is 0 Å². The van der Waals surface area contributed by atoms with Crippen molar-refractivity contribution in [1.82, 2.24) is 9.80 Å². The first-order valence-electron chi connectivity index (χ1n) is 7.75. The Hall–Kier alpha value is -0.490. The number of hydrogen-bond donors (Lipinski definition) is 1. The molecule has 1 aromatic rings. The second kappa shape index (κ2) is 6.32. The van der Waals surface area contributed by atoms with Crippen molar-refractivity contribution in [2.24, 2.45) is 5.73 Å². The molecule has 0 aromatic heterocycles. The predicted octanol–water partition coefficient (Wildman–Crippen LogP) is 2.76. The number of fused-ring (bicyclic) bond motifs is 1. The average Bonchev–Trinajstić information content (AvgIpc) is 2.90. The van der Waals surface area contributed by atoms with Gasteiger partial charge in [-0.25, -0.2) is 4.39 Å². The maximum absolute atomic E-state index is 13.6. The molecule has 2 aliphatic heterocycles. The van der Waals surface area contributed by atoms with E-state index < -0.39 is 0 Å². The zero-order valence-electron chi connectivity index (χ0n) is 12.4. The second-order valence-corrected chi connectivity index (χ2v) is 7.11. The number of nitrogens with zero attached hydrogens (tertiary/aromatic N) is 2. The largest absolute Gasteiger partial charge is 0.329 e. The van der Waals surface area contributed by atoms with Gasteiger partial charge < -0.3 is 5.73 Å². The summed E-state index contributed by atoms with van der Waals surface area (Å²) in [6.07, 6.45) is 2.56. The van der Waals surface area contributed by atoms with E-state index in [1.54, 1.807) is 12.1 Å². The highest BCUT2D eigenvalue weighted by Gasteiger charge is 2.37. The fourth-order valence-corrected chi connectivity index (χ4v) is 4.37. The molecule has 5 heteroatoms. The number of piperazine rings is 1. The minimum absolute atomic E-state index is 0.0767. The Balaban J connectivity index is 1.86. The summed E-state index contributed by atoms with van der Waals surface area (Å²) in [7, 11) is 0. The lowest BCUT2D eigenvalue weighted by Crippen LogP contribution is -2.56. The lowest BCUT2D eigenvalue weighted by molar-refractivity contribution is 0.0293. The van der Waals surface area contributed by atoms with Crippen LogP contribution in [0.1, 0.15) is 31.4 Å². The molecule has 0 radical (unpaired) electrons. The number of benzene rings is 1. The molecule has 2 N–H and O–H groups in total. The van der Waals surface area contributed by atoms with Crippen molar-refractivity contribution < 1.29 is 4.39 Å². The Morgan fingerprint density at radius 2 is 2.24 bits per heavy atom. The van der Waals surface area contributed by atoms with Crippen LogP contribution in [0.4, 0.5) is 4.39 Å². The first-order chi connectivity index (χ1) is 10.1. The molecule has 116 valence electrons. The molecule has 0 saturated carbocycles. The summed E-state index contributed by atoms with van der Waals surface area (Å²) in [5.41, 5.74) is 7.02. The normalized spacial score (nSPS) is 28.6. The second-order valence-electron chi connectivity index (χ2n) is 6.25. The molecule has 2 aliphatic rings.